The predicted octanol–water partition coefficient (Wildman–Crippen LogP) is 7.18. The van der Waals surface area contributed by atoms with Crippen molar-refractivity contribution in [2.45, 2.75) is 0 Å². The molecule has 0 unspecified atom stereocenters. The second-order valence-corrected chi connectivity index (χ2v) is 8.10. The number of amides is 1. The molecule has 0 radical (unpaired) electrons. The van der Waals surface area contributed by atoms with E-state index in [2.05, 4.69) is 15.9 Å². The van der Waals surface area contributed by atoms with Crippen LogP contribution in [-0.4, -0.2) is 5.91 Å². The van der Waals surface area contributed by atoms with Crippen molar-refractivity contribution in [2.24, 2.45) is 0 Å². The van der Waals surface area contributed by atoms with Crippen LogP contribution in [0.15, 0.2) is 118 Å². The van der Waals surface area contributed by atoms with Gasteiger partial charge < -0.3 is 4.42 Å². The molecule has 1 aliphatic rings. The summed E-state index contributed by atoms with van der Waals surface area (Å²) < 4.78 is 7.03. The molecule has 1 aromatic heterocycles. The fourth-order valence-electron chi connectivity index (χ4n) is 3.62. The number of halogens is 1. The van der Waals surface area contributed by atoms with Crippen molar-refractivity contribution in [1.29, 1.82) is 0 Å². The second-order valence-electron chi connectivity index (χ2n) is 7.18. The molecule has 150 valence electrons. The Balaban J connectivity index is 1.53. The average molecular weight is 468 g/mol. The predicted molar refractivity (Wildman–Crippen MR) is 128 cm³/mol. The smallest absolute Gasteiger partial charge is 0.263 e. The number of hydrogen-bond donors (Lipinski definition) is 0. The van der Waals surface area contributed by atoms with Crippen LogP contribution >= 0.6 is 15.9 Å². The van der Waals surface area contributed by atoms with Crippen LogP contribution in [0.5, 0.6) is 0 Å². The Hall–Kier alpha value is -3.63. The van der Waals surface area contributed by atoms with Crippen molar-refractivity contribution in [1.82, 2.24) is 0 Å². The van der Waals surface area contributed by atoms with E-state index in [4.69, 9.17) is 4.42 Å². The highest BCUT2D eigenvalue weighted by Crippen LogP contribution is 2.35. The third kappa shape index (κ3) is 3.90. The van der Waals surface area contributed by atoms with Crippen LogP contribution < -0.4 is 4.90 Å². The monoisotopic (exact) mass is 467 g/mol. The van der Waals surface area contributed by atoms with Gasteiger partial charge in [-0.25, -0.2) is 0 Å². The molecule has 3 aromatic carbocycles. The standard InChI is InChI=1S/C27H18BrNO2/c28-22-13-11-20(12-14-22)26-16-15-24(31-26)17-21-18-25(19-7-3-1-4-8-19)29(27(21)30)23-9-5-2-6-10-23/h1-18H. The van der Waals surface area contributed by atoms with Gasteiger partial charge in [0.1, 0.15) is 11.5 Å². The molecule has 3 nitrogen and oxygen atoms in total. The van der Waals surface area contributed by atoms with Gasteiger partial charge in [0.25, 0.3) is 5.91 Å². The fraction of sp³-hybridized carbons (Fsp3) is 0. The summed E-state index contributed by atoms with van der Waals surface area (Å²) in [4.78, 5) is 15.1. The van der Waals surface area contributed by atoms with Gasteiger partial charge in [-0.3, -0.25) is 9.69 Å². The molecule has 0 N–H and O–H groups in total. The first-order chi connectivity index (χ1) is 15.2. The van der Waals surface area contributed by atoms with Gasteiger partial charge in [0.15, 0.2) is 0 Å². The summed E-state index contributed by atoms with van der Waals surface area (Å²) in [5.41, 5.74) is 4.23. The largest absolute Gasteiger partial charge is 0.457 e. The molecule has 4 heteroatoms. The van der Waals surface area contributed by atoms with E-state index in [0.29, 0.717) is 11.3 Å². The second kappa shape index (κ2) is 8.25. The van der Waals surface area contributed by atoms with Crippen LogP contribution in [0, 0.1) is 0 Å². The van der Waals surface area contributed by atoms with Gasteiger partial charge in [-0.1, -0.05) is 76.6 Å². The third-order valence-corrected chi connectivity index (χ3v) is 5.65. The van der Waals surface area contributed by atoms with Crippen LogP contribution in [0.3, 0.4) is 0 Å². The van der Waals surface area contributed by atoms with Crippen molar-refractivity contribution in [3.63, 3.8) is 0 Å². The van der Waals surface area contributed by atoms with Crippen LogP contribution in [0.4, 0.5) is 5.69 Å². The van der Waals surface area contributed by atoms with Gasteiger partial charge in [0.2, 0.25) is 0 Å². The highest BCUT2D eigenvalue weighted by atomic mass is 79.9. The summed E-state index contributed by atoms with van der Waals surface area (Å²) in [6.07, 6.45) is 3.73. The number of carbonyl (C=O) groups is 1. The Morgan fingerprint density at radius 2 is 1.42 bits per heavy atom. The Kier molecular flexibility index (Phi) is 5.14. The van der Waals surface area contributed by atoms with Gasteiger partial charge in [0, 0.05) is 21.3 Å². The molecular weight excluding hydrogens is 450 g/mol. The lowest BCUT2D eigenvalue weighted by atomic mass is 10.1. The zero-order chi connectivity index (χ0) is 21.2. The number of rotatable bonds is 4. The number of para-hydroxylation sites is 1. The summed E-state index contributed by atoms with van der Waals surface area (Å²) in [6.45, 7) is 0. The molecule has 1 aliphatic heterocycles. The molecule has 2 heterocycles. The van der Waals surface area contributed by atoms with Crippen LogP contribution in [-0.2, 0) is 4.79 Å². The van der Waals surface area contributed by atoms with Crippen LogP contribution in [0.25, 0.3) is 23.1 Å². The Morgan fingerprint density at radius 3 is 2.13 bits per heavy atom. The highest BCUT2D eigenvalue weighted by molar-refractivity contribution is 9.10. The number of hydrogen-bond acceptors (Lipinski definition) is 2. The van der Waals surface area contributed by atoms with Gasteiger partial charge >= 0.3 is 0 Å². The van der Waals surface area contributed by atoms with Gasteiger partial charge in [-0.05, 0) is 54.1 Å². The van der Waals surface area contributed by atoms with Gasteiger partial charge in [-0.15, -0.1) is 0 Å². The molecule has 0 saturated heterocycles. The van der Waals surface area contributed by atoms with Crippen molar-refractivity contribution in [3.8, 4) is 11.3 Å². The van der Waals surface area contributed by atoms with Crippen LogP contribution in [0.2, 0.25) is 0 Å². The molecule has 0 spiro atoms. The molecule has 31 heavy (non-hydrogen) atoms. The zero-order valence-electron chi connectivity index (χ0n) is 16.5. The van der Waals surface area contributed by atoms with E-state index in [9.17, 15) is 4.79 Å². The molecule has 0 saturated carbocycles. The first-order valence-corrected chi connectivity index (χ1v) is 10.7. The number of nitrogens with zero attached hydrogens (tertiary/aromatic N) is 1. The van der Waals surface area contributed by atoms with E-state index in [-0.39, 0.29) is 5.91 Å². The zero-order valence-corrected chi connectivity index (χ0v) is 18.1. The molecule has 0 fully saturated rings. The first-order valence-electron chi connectivity index (χ1n) is 9.93. The van der Waals surface area contributed by atoms with E-state index in [1.54, 1.807) is 11.0 Å². The minimum Gasteiger partial charge on any atom is -0.457 e. The van der Waals surface area contributed by atoms with Gasteiger partial charge in [0.05, 0.1) is 5.70 Å². The fourth-order valence-corrected chi connectivity index (χ4v) is 3.89. The highest BCUT2D eigenvalue weighted by Gasteiger charge is 2.30. The number of benzene rings is 3. The number of anilines is 1. The summed E-state index contributed by atoms with van der Waals surface area (Å²) in [5.74, 6) is 1.32. The van der Waals surface area contributed by atoms with Crippen molar-refractivity contribution in [2.75, 3.05) is 4.90 Å². The minimum atomic E-state index is -0.0772. The molecule has 0 atom stereocenters. The Labute approximate surface area is 189 Å². The summed E-state index contributed by atoms with van der Waals surface area (Å²) >= 11 is 3.45. The molecule has 4 aromatic rings. The van der Waals surface area contributed by atoms with Crippen molar-refractivity contribution < 1.29 is 9.21 Å². The lowest BCUT2D eigenvalue weighted by Crippen LogP contribution is -2.24. The maximum atomic E-state index is 13.4. The van der Waals surface area contributed by atoms with E-state index in [0.717, 1.165) is 32.7 Å². The normalized spacial score (nSPS) is 14.9. The van der Waals surface area contributed by atoms with Crippen LogP contribution in [0.1, 0.15) is 11.3 Å². The maximum absolute atomic E-state index is 13.4. The maximum Gasteiger partial charge on any atom is 0.263 e. The summed E-state index contributed by atoms with van der Waals surface area (Å²) in [5, 5.41) is 0. The summed E-state index contributed by atoms with van der Waals surface area (Å²) in [7, 11) is 0. The number of furan rings is 1. The molecule has 1 amide bonds. The average Bonchev–Trinajstić information content (AvgIpc) is 3.40. The number of carbonyl (C=O) groups excluding carboxylic acids is 1. The Bertz CT molecular complexity index is 1290. The first kappa shape index (κ1) is 19.3. The van der Waals surface area contributed by atoms with Crippen molar-refractivity contribution >= 4 is 39.3 Å². The van der Waals surface area contributed by atoms with E-state index in [1.165, 1.54) is 0 Å². The van der Waals surface area contributed by atoms with Gasteiger partial charge in [-0.2, -0.15) is 0 Å². The lowest BCUT2D eigenvalue weighted by Gasteiger charge is -2.20. The molecule has 0 bridgehead atoms. The molecule has 0 aliphatic carbocycles. The summed E-state index contributed by atoms with van der Waals surface area (Å²) in [6, 6.07) is 31.4. The van der Waals surface area contributed by atoms with E-state index < -0.39 is 0 Å². The topological polar surface area (TPSA) is 33.5 Å². The molecular formula is C27H18BrNO2. The minimum absolute atomic E-state index is 0.0772. The van der Waals surface area contributed by atoms with Crippen molar-refractivity contribution in [3.05, 3.63) is 125 Å². The quantitative estimate of drug-likeness (QED) is 0.297. The van der Waals surface area contributed by atoms with E-state index in [1.807, 2.05) is 103 Å². The lowest BCUT2D eigenvalue weighted by molar-refractivity contribution is -0.113. The third-order valence-electron chi connectivity index (χ3n) is 5.12. The van der Waals surface area contributed by atoms with E-state index >= 15 is 0 Å². The SMILES string of the molecule is O=C1C(=Cc2ccc(-c3ccc(Br)cc3)o2)C=C(c2ccccc2)N1c1ccccc1. The Morgan fingerprint density at radius 1 is 0.742 bits per heavy atom. The molecule has 5 rings (SSSR count).